The maximum absolute atomic E-state index is 3.82. The van der Waals surface area contributed by atoms with Gasteiger partial charge in [-0.3, -0.25) is 0 Å². The van der Waals surface area contributed by atoms with Gasteiger partial charge in [0.1, 0.15) is 0 Å². The van der Waals surface area contributed by atoms with Crippen LogP contribution in [0.25, 0.3) is 12.2 Å². The summed E-state index contributed by atoms with van der Waals surface area (Å²) in [4.78, 5) is 0. The predicted octanol–water partition coefficient (Wildman–Crippen LogP) is 3.93. The SMILES string of the molecule is C=Cc1cccc([C](C)C)c1C=C. The maximum atomic E-state index is 3.82. The zero-order chi connectivity index (χ0) is 9.84. The van der Waals surface area contributed by atoms with Gasteiger partial charge in [0, 0.05) is 0 Å². The summed E-state index contributed by atoms with van der Waals surface area (Å²) < 4.78 is 0. The highest BCUT2D eigenvalue weighted by atomic mass is 14.1. The van der Waals surface area contributed by atoms with Gasteiger partial charge in [-0.1, -0.05) is 57.4 Å². The van der Waals surface area contributed by atoms with Gasteiger partial charge in [-0.05, 0) is 22.6 Å². The molecule has 0 heterocycles. The van der Waals surface area contributed by atoms with E-state index in [1.54, 1.807) is 0 Å². The van der Waals surface area contributed by atoms with Crippen molar-refractivity contribution in [2.24, 2.45) is 0 Å². The van der Waals surface area contributed by atoms with E-state index in [0.717, 1.165) is 5.56 Å². The Morgan fingerprint density at radius 2 is 1.85 bits per heavy atom. The van der Waals surface area contributed by atoms with Crippen LogP contribution in [0.4, 0.5) is 0 Å². The number of benzene rings is 1. The number of rotatable bonds is 3. The van der Waals surface area contributed by atoms with Gasteiger partial charge in [0.25, 0.3) is 0 Å². The monoisotopic (exact) mass is 171 g/mol. The molecule has 0 aliphatic rings. The van der Waals surface area contributed by atoms with Crippen molar-refractivity contribution in [2.45, 2.75) is 13.8 Å². The second kappa shape index (κ2) is 4.08. The van der Waals surface area contributed by atoms with Crippen LogP contribution in [0.3, 0.4) is 0 Å². The third kappa shape index (κ3) is 1.89. The van der Waals surface area contributed by atoms with Gasteiger partial charge in [0.2, 0.25) is 0 Å². The fraction of sp³-hybridized carbons (Fsp3) is 0.154. The van der Waals surface area contributed by atoms with Crippen LogP contribution >= 0.6 is 0 Å². The van der Waals surface area contributed by atoms with Crippen molar-refractivity contribution in [3.8, 4) is 0 Å². The summed E-state index contributed by atoms with van der Waals surface area (Å²) in [7, 11) is 0. The Bertz CT molecular complexity index is 319. The molecule has 0 aliphatic heterocycles. The second-order valence-electron chi connectivity index (χ2n) is 3.22. The highest BCUT2D eigenvalue weighted by molar-refractivity contribution is 5.68. The van der Waals surface area contributed by atoms with Crippen LogP contribution in [0.1, 0.15) is 30.5 Å². The molecular weight excluding hydrogens is 156 g/mol. The Hall–Kier alpha value is -1.30. The quantitative estimate of drug-likeness (QED) is 0.646. The molecule has 0 saturated carbocycles. The Kier molecular flexibility index (Phi) is 3.07. The largest absolute Gasteiger partial charge is 0.0984 e. The lowest BCUT2D eigenvalue weighted by atomic mass is 9.93. The summed E-state index contributed by atoms with van der Waals surface area (Å²) >= 11 is 0. The average Bonchev–Trinajstić information content (AvgIpc) is 2.16. The summed E-state index contributed by atoms with van der Waals surface area (Å²) in [5.41, 5.74) is 3.58. The van der Waals surface area contributed by atoms with Gasteiger partial charge in [0.05, 0.1) is 0 Å². The predicted molar refractivity (Wildman–Crippen MR) is 60.3 cm³/mol. The molecule has 0 saturated heterocycles. The zero-order valence-electron chi connectivity index (χ0n) is 8.30. The summed E-state index contributed by atoms with van der Waals surface area (Å²) in [6.07, 6.45) is 3.75. The van der Waals surface area contributed by atoms with E-state index in [4.69, 9.17) is 0 Å². The second-order valence-corrected chi connectivity index (χ2v) is 3.22. The molecule has 0 atom stereocenters. The van der Waals surface area contributed by atoms with E-state index < -0.39 is 0 Å². The number of hydrogen-bond donors (Lipinski definition) is 0. The molecule has 0 unspecified atom stereocenters. The van der Waals surface area contributed by atoms with Crippen molar-refractivity contribution >= 4 is 12.2 Å². The molecule has 0 aliphatic carbocycles. The lowest BCUT2D eigenvalue weighted by Gasteiger charge is -2.11. The molecule has 0 heteroatoms. The van der Waals surface area contributed by atoms with Gasteiger partial charge < -0.3 is 0 Å². The van der Waals surface area contributed by atoms with Crippen molar-refractivity contribution < 1.29 is 0 Å². The summed E-state index contributed by atoms with van der Waals surface area (Å²) in [5, 5.41) is 0. The minimum atomic E-state index is 1.15. The zero-order valence-corrected chi connectivity index (χ0v) is 8.30. The molecule has 1 radical (unpaired) electrons. The molecule has 1 aromatic carbocycles. The van der Waals surface area contributed by atoms with Gasteiger partial charge in [-0.25, -0.2) is 0 Å². The molecule has 0 bridgehead atoms. The van der Waals surface area contributed by atoms with E-state index in [1.165, 1.54) is 17.0 Å². The first-order valence-electron chi connectivity index (χ1n) is 4.39. The molecule has 0 nitrogen and oxygen atoms in total. The maximum Gasteiger partial charge on any atom is -0.000569 e. The summed E-state index contributed by atoms with van der Waals surface area (Å²) in [6.45, 7) is 11.8. The molecule has 67 valence electrons. The molecule has 0 N–H and O–H groups in total. The van der Waals surface area contributed by atoms with Crippen LogP contribution in [0.15, 0.2) is 31.4 Å². The van der Waals surface area contributed by atoms with Crippen molar-refractivity contribution in [3.05, 3.63) is 54.0 Å². The normalized spacial score (nSPS) is 10.1. The van der Waals surface area contributed by atoms with Crippen LogP contribution in [-0.4, -0.2) is 0 Å². The minimum absolute atomic E-state index is 1.15. The van der Waals surface area contributed by atoms with E-state index in [9.17, 15) is 0 Å². The fourth-order valence-electron chi connectivity index (χ4n) is 1.42. The summed E-state index contributed by atoms with van der Waals surface area (Å²) in [6, 6.07) is 6.21. The average molecular weight is 171 g/mol. The molecule has 1 rings (SSSR count). The smallest absolute Gasteiger partial charge is 0.000569 e. The van der Waals surface area contributed by atoms with Crippen LogP contribution in [0.2, 0.25) is 0 Å². The molecule has 0 spiro atoms. The molecular formula is C13H15. The van der Waals surface area contributed by atoms with E-state index in [0.29, 0.717) is 0 Å². The van der Waals surface area contributed by atoms with Gasteiger partial charge in [-0.2, -0.15) is 0 Å². The topological polar surface area (TPSA) is 0 Å². The molecule has 0 aromatic heterocycles. The first-order chi connectivity index (χ1) is 6.20. The minimum Gasteiger partial charge on any atom is -0.0984 e. The van der Waals surface area contributed by atoms with Crippen LogP contribution < -0.4 is 0 Å². The Balaban J connectivity index is 3.35. The third-order valence-corrected chi connectivity index (χ3v) is 2.10. The standard InChI is InChI=1S/C13H15/c1-5-11-8-7-9-13(10(3)4)12(11)6-2/h5-9H,1-2H2,3-4H3. The Morgan fingerprint density at radius 1 is 1.15 bits per heavy atom. The Labute approximate surface area is 80.6 Å². The first-order valence-corrected chi connectivity index (χ1v) is 4.39. The van der Waals surface area contributed by atoms with Crippen LogP contribution in [0.5, 0.6) is 0 Å². The van der Waals surface area contributed by atoms with Crippen molar-refractivity contribution in [1.29, 1.82) is 0 Å². The van der Waals surface area contributed by atoms with E-state index in [2.05, 4.69) is 39.1 Å². The van der Waals surface area contributed by atoms with Crippen molar-refractivity contribution in [2.75, 3.05) is 0 Å². The van der Waals surface area contributed by atoms with Crippen molar-refractivity contribution in [3.63, 3.8) is 0 Å². The Morgan fingerprint density at radius 3 is 2.31 bits per heavy atom. The third-order valence-electron chi connectivity index (χ3n) is 2.10. The highest BCUT2D eigenvalue weighted by Crippen LogP contribution is 2.23. The number of hydrogen-bond acceptors (Lipinski definition) is 0. The van der Waals surface area contributed by atoms with E-state index >= 15 is 0 Å². The molecule has 13 heavy (non-hydrogen) atoms. The van der Waals surface area contributed by atoms with E-state index in [1.807, 2.05) is 18.2 Å². The van der Waals surface area contributed by atoms with Crippen molar-refractivity contribution in [1.82, 2.24) is 0 Å². The summed E-state index contributed by atoms with van der Waals surface area (Å²) in [5.74, 6) is 1.30. The van der Waals surface area contributed by atoms with Gasteiger partial charge in [0.15, 0.2) is 0 Å². The van der Waals surface area contributed by atoms with Gasteiger partial charge >= 0.3 is 0 Å². The molecule has 1 aromatic rings. The lowest BCUT2D eigenvalue weighted by molar-refractivity contribution is 1.14. The fourth-order valence-corrected chi connectivity index (χ4v) is 1.42. The van der Waals surface area contributed by atoms with Crippen LogP contribution in [-0.2, 0) is 0 Å². The van der Waals surface area contributed by atoms with Gasteiger partial charge in [-0.15, -0.1) is 0 Å². The van der Waals surface area contributed by atoms with Crippen LogP contribution in [0, 0.1) is 5.92 Å². The van der Waals surface area contributed by atoms with E-state index in [-0.39, 0.29) is 0 Å². The highest BCUT2D eigenvalue weighted by Gasteiger charge is 2.06. The molecule has 0 amide bonds. The molecule has 0 fully saturated rings. The first kappa shape index (κ1) is 9.79. The lowest BCUT2D eigenvalue weighted by Crippen LogP contribution is -1.94.